The Hall–Kier alpha value is -4.23. The lowest BCUT2D eigenvalue weighted by Gasteiger charge is -2.31. The molecule has 0 spiro atoms. The number of pyridine rings is 1. The van der Waals surface area contributed by atoms with Crippen LogP contribution in [-0.2, 0) is 15.9 Å². The SMILES string of the molecule is CC(C)(C)OC(=O)Nc1ccc(-c2ccccc2)cc1CC(=O)c1cc2ccc(N3CCOCC3)c(C3CC3)c2cn1. The van der Waals surface area contributed by atoms with Gasteiger partial charge in [0.25, 0.3) is 0 Å². The number of ketones is 1. The second kappa shape index (κ2) is 11.6. The van der Waals surface area contributed by atoms with Crippen LogP contribution in [0.2, 0.25) is 0 Å². The highest BCUT2D eigenvalue weighted by Crippen LogP contribution is 2.47. The lowest BCUT2D eigenvalue weighted by atomic mass is 9.96. The molecule has 1 saturated heterocycles. The van der Waals surface area contributed by atoms with Crippen molar-refractivity contribution >= 4 is 34.0 Å². The molecular weight excluding hydrogens is 526 g/mol. The summed E-state index contributed by atoms with van der Waals surface area (Å²) in [5.74, 6) is 0.427. The highest BCUT2D eigenvalue weighted by Gasteiger charge is 2.30. The Labute approximate surface area is 246 Å². The number of benzene rings is 3. The zero-order chi connectivity index (χ0) is 29.3. The lowest BCUT2D eigenvalue weighted by Crippen LogP contribution is -2.36. The van der Waals surface area contributed by atoms with Gasteiger partial charge in [-0.05, 0) is 91.4 Å². The Bertz CT molecular complexity index is 1620. The van der Waals surface area contributed by atoms with E-state index in [0.717, 1.165) is 48.2 Å². The van der Waals surface area contributed by atoms with Gasteiger partial charge in [-0.15, -0.1) is 0 Å². The van der Waals surface area contributed by atoms with Crippen LogP contribution >= 0.6 is 0 Å². The third-order valence-electron chi connectivity index (χ3n) is 7.74. The first-order valence-corrected chi connectivity index (χ1v) is 14.7. The minimum atomic E-state index is -0.639. The second-order valence-corrected chi connectivity index (χ2v) is 12.1. The average molecular weight is 564 g/mol. The van der Waals surface area contributed by atoms with Gasteiger partial charge in [-0.2, -0.15) is 0 Å². The number of hydrogen-bond acceptors (Lipinski definition) is 6. The Morgan fingerprint density at radius 2 is 1.74 bits per heavy atom. The van der Waals surface area contributed by atoms with E-state index in [4.69, 9.17) is 9.47 Å². The number of aromatic nitrogens is 1. The van der Waals surface area contributed by atoms with Gasteiger partial charge in [-0.25, -0.2) is 4.79 Å². The largest absolute Gasteiger partial charge is 0.444 e. The summed E-state index contributed by atoms with van der Waals surface area (Å²) in [6.45, 7) is 8.71. The molecule has 3 aromatic carbocycles. The number of nitrogens with zero attached hydrogens (tertiary/aromatic N) is 2. The summed E-state index contributed by atoms with van der Waals surface area (Å²) in [4.78, 5) is 33.4. The molecule has 2 aliphatic rings. The van der Waals surface area contributed by atoms with E-state index in [1.807, 2.05) is 81.6 Å². The van der Waals surface area contributed by atoms with E-state index in [9.17, 15) is 9.59 Å². The van der Waals surface area contributed by atoms with Crippen LogP contribution in [0, 0.1) is 0 Å². The second-order valence-electron chi connectivity index (χ2n) is 12.1. The van der Waals surface area contributed by atoms with Crippen LogP contribution in [-0.4, -0.2) is 48.8 Å². The van der Waals surface area contributed by atoms with E-state index >= 15 is 0 Å². The molecular formula is C35H37N3O4. The predicted octanol–water partition coefficient (Wildman–Crippen LogP) is 7.39. The average Bonchev–Trinajstić information content (AvgIpc) is 3.82. The van der Waals surface area contributed by atoms with Crippen molar-refractivity contribution in [3.05, 3.63) is 89.7 Å². The van der Waals surface area contributed by atoms with Crippen molar-refractivity contribution in [2.75, 3.05) is 36.5 Å². The van der Waals surface area contributed by atoms with Crippen LogP contribution in [0.5, 0.6) is 0 Å². The highest BCUT2D eigenvalue weighted by molar-refractivity contribution is 6.01. The molecule has 0 unspecified atom stereocenters. The molecule has 42 heavy (non-hydrogen) atoms. The molecule has 2 heterocycles. The number of rotatable bonds is 7. The number of nitrogens with one attached hydrogen (secondary N) is 1. The molecule has 7 heteroatoms. The van der Waals surface area contributed by atoms with Crippen molar-refractivity contribution in [3.63, 3.8) is 0 Å². The summed E-state index contributed by atoms with van der Waals surface area (Å²) in [5.41, 5.74) is 5.63. The predicted molar refractivity (Wildman–Crippen MR) is 167 cm³/mol. The lowest BCUT2D eigenvalue weighted by molar-refractivity contribution is 0.0635. The molecule has 216 valence electrons. The molecule has 0 radical (unpaired) electrons. The van der Waals surface area contributed by atoms with Gasteiger partial charge in [-0.3, -0.25) is 15.1 Å². The van der Waals surface area contributed by atoms with Crippen LogP contribution < -0.4 is 10.2 Å². The van der Waals surface area contributed by atoms with E-state index in [2.05, 4.69) is 27.3 Å². The number of carbonyl (C=O) groups is 2. The van der Waals surface area contributed by atoms with E-state index in [1.165, 1.54) is 24.1 Å². The monoisotopic (exact) mass is 563 g/mol. The standard InChI is InChI=1S/C35H37N3O4/c1-35(2,3)42-34(40)37-29-13-11-25(23-7-5-4-6-8-23)19-27(29)21-32(39)30-20-26-12-14-31(38-15-17-41-18-16-38)33(24-9-10-24)28(26)22-36-30/h4-8,11-14,19-20,22,24H,9-10,15-18,21H2,1-3H3,(H,37,40). The van der Waals surface area contributed by atoms with Crippen LogP contribution in [0.25, 0.3) is 21.9 Å². The van der Waals surface area contributed by atoms with Gasteiger partial charge in [0.05, 0.1) is 13.2 Å². The number of hydrogen-bond donors (Lipinski definition) is 1. The Morgan fingerprint density at radius 1 is 0.976 bits per heavy atom. The third kappa shape index (κ3) is 6.31. The normalized spacial score (nSPS) is 15.5. The quantitative estimate of drug-likeness (QED) is 0.236. The summed E-state index contributed by atoms with van der Waals surface area (Å²) in [6, 6.07) is 21.9. The summed E-state index contributed by atoms with van der Waals surface area (Å²) >= 11 is 0. The topological polar surface area (TPSA) is 80.8 Å². The molecule has 1 aliphatic carbocycles. The zero-order valence-electron chi connectivity index (χ0n) is 24.5. The smallest absolute Gasteiger partial charge is 0.412 e. The number of anilines is 2. The van der Waals surface area contributed by atoms with Crippen molar-refractivity contribution in [1.29, 1.82) is 0 Å². The van der Waals surface area contributed by atoms with Gasteiger partial charge in [0.2, 0.25) is 0 Å². The Balaban J connectivity index is 1.31. The number of fused-ring (bicyclic) bond motifs is 1. The van der Waals surface area contributed by atoms with Gasteiger partial charge in [0.1, 0.15) is 11.3 Å². The highest BCUT2D eigenvalue weighted by atomic mass is 16.6. The van der Waals surface area contributed by atoms with Gasteiger partial charge in [-0.1, -0.05) is 42.5 Å². The molecule has 1 N–H and O–H groups in total. The molecule has 1 amide bonds. The van der Waals surface area contributed by atoms with E-state index in [0.29, 0.717) is 22.9 Å². The van der Waals surface area contributed by atoms with E-state index < -0.39 is 11.7 Å². The van der Waals surface area contributed by atoms with Crippen LogP contribution in [0.15, 0.2) is 72.9 Å². The number of Topliss-reactive ketones (excluding diaryl/α,β-unsaturated/α-hetero) is 1. The van der Waals surface area contributed by atoms with Crippen LogP contribution in [0.1, 0.15) is 61.1 Å². The molecule has 1 aromatic heterocycles. The maximum Gasteiger partial charge on any atom is 0.412 e. The van der Waals surface area contributed by atoms with Crippen molar-refractivity contribution in [3.8, 4) is 11.1 Å². The summed E-state index contributed by atoms with van der Waals surface area (Å²) < 4.78 is 11.1. The van der Waals surface area contributed by atoms with Crippen molar-refractivity contribution < 1.29 is 19.1 Å². The number of carbonyl (C=O) groups excluding carboxylic acids is 2. The van der Waals surface area contributed by atoms with Crippen molar-refractivity contribution in [1.82, 2.24) is 4.98 Å². The molecule has 1 saturated carbocycles. The molecule has 7 nitrogen and oxygen atoms in total. The summed E-state index contributed by atoms with van der Waals surface area (Å²) in [6.07, 6.45) is 3.77. The van der Waals surface area contributed by atoms with Crippen LogP contribution in [0.4, 0.5) is 16.2 Å². The van der Waals surface area contributed by atoms with Crippen molar-refractivity contribution in [2.45, 2.75) is 51.6 Å². The fourth-order valence-electron chi connectivity index (χ4n) is 5.61. The molecule has 6 rings (SSSR count). The number of morpholine rings is 1. The number of amides is 1. The van der Waals surface area contributed by atoms with E-state index in [-0.39, 0.29) is 12.2 Å². The van der Waals surface area contributed by atoms with Gasteiger partial charge < -0.3 is 14.4 Å². The van der Waals surface area contributed by atoms with E-state index in [1.54, 1.807) is 0 Å². The first-order valence-electron chi connectivity index (χ1n) is 14.7. The summed E-state index contributed by atoms with van der Waals surface area (Å²) in [5, 5.41) is 5.00. The van der Waals surface area contributed by atoms with Gasteiger partial charge in [0.15, 0.2) is 5.78 Å². The fourth-order valence-corrected chi connectivity index (χ4v) is 5.61. The minimum absolute atomic E-state index is 0.0889. The Morgan fingerprint density at radius 3 is 2.45 bits per heavy atom. The first kappa shape index (κ1) is 27.9. The molecule has 4 aromatic rings. The van der Waals surface area contributed by atoms with Gasteiger partial charge >= 0.3 is 6.09 Å². The molecule has 2 fully saturated rings. The fraction of sp³-hybridized carbons (Fsp3) is 0.343. The molecule has 0 bridgehead atoms. The molecule has 0 atom stereocenters. The van der Waals surface area contributed by atoms with Crippen molar-refractivity contribution in [2.24, 2.45) is 0 Å². The maximum absolute atomic E-state index is 13.7. The molecule has 1 aliphatic heterocycles. The Kier molecular flexibility index (Phi) is 7.69. The third-order valence-corrected chi connectivity index (χ3v) is 7.74. The van der Waals surface area contributed by atoms with Gasteiger partial charge in [0, 0.05) is 42.5 Å². The summed E-state index contributed by atoms with van der Waals surface area (Å²) in [7, 11) is 0. The zero-order valence-corrected chi connectivity index (χ0v) is 24.5. The first-order chi connectivity index (χ1) is 20.2. The maximum atomic E-state index is 13.7. The number of ether oxygens (including phenoxy) is 2. The van der Waals surface area contributed by atoms with Crippen LogP contribution in [0.3, 0.4) is 0 Å². The minimum Gasteiger partial charge on any atom is -0.444 e.